The molecule has 0 spiro atoms. The number of thioether (sulfide) groups is 1. The van der Waals surface area contributed by atoms with Gasteiger partial charge in [-0.1, -0.05) is 36.0 Å². The molecule has 0 aliphatic rings. The van der Waals surface area contributed by atoms with Crippen molar-refractivity contribution in [2.45, 2.75) is 17.8 Å². The third kappa shape index (κ3) is 3.94. The van der Waals surface area contributed by atoms with Crippen molar-refractivity contribution in [2.24, 2.45) is 0 Å². The molecule has 1 aromatic carbocycles. The highest BCUT2D eigenvalue weighted by Crippen LogP contribution is 2.32. The summed E-state index contributed by atoms with van der Waals surface area (Å²) in [6, 6.07) is 13.2. The minimum absolute atomic E-state index is 0.0844. The maximum absolute atomic E-state index is 12.4. The normalized spacial score (nSPS) is 11.8. The number of hydrogen-bond acceptors (Lipinski definition) is 4. The molecule has 0 atom stereocenters. The lowest BCUT2D eigenvalue weighted by Crippen LogP contribution is -2.08. The number of aromatic nitrogens is 3. The van der Waals surface area contributed by atoms with Crippen LogP contribution in [0.3, 0.4) is 0 Å². The number of rotatable bonds is 5. The molecule has 120 valence electrons. The third-order valence-electron chi connectivity index (χ3n) is 3.01. The first-order chi connectivity index (χ1) is 11.0. The molecule has 0 fully saturated rings. The van der Waals surface area contributed by atoms with Crippen LogP contribution in [-0.4, -0.2) is 26.7 Å². The van der Waals surface area contributed by atoms with Gasteiger partial charge >= 0.3 is 6.18 Å². The average Bonchev–Trinajstić information content (AvgIpc) is 3.15. The molecule has 2 heterocycles. The Morgan fingerprint density at radius 3 is 2.48 bits per heavy atom. The van der Waals surface area contributed by atoms with Crippen molar-refractivity contribution in [1.82, 2.24) is 14.8 Å². The van der Waals surface area contributed by atoms with Crippen LogP contribution in [0.4, 0.5) is 13.2 Å². The standard InChI is InChI=1S/C15H12F3N3S2/c16-15(17,18)8-10-23-14-20-19-13(12-7-4-9-22-12)21(14)11-5-2-1-3-6-11/h1-7,9H,8,10H2. The second-order valence-electron chi connectivity index (χ2n) is 4.67. The Labute approximate surface area is 139 Å². The van der Waals surface area contributed by atoms with E-state index in [1.807, 2.05) is 47.8 Å². The van der Waals surface area contributed by atoms with Gasteiger partial charge in [0.1, 0.15) is 0 Å². The van der Waals surface area contributed by atoms with Gasteiger partial charge < -0.3 is 0 Å². The SMILES string of the molecule is FC(F)(F)CCSc1nnc(-c2cccs2)n1-c1ccccc1. The molecular weight excluding hydrogens is 343 g/mol. The molecule has 0 aliphatic heterocycles. The highest BCUT2D eigenvalue weighted by atomic mass is 32.2. The molecule has 0 aliphatic carbocycles. The van der Waals surface area contributed by atoms with Gasteiger partial charge in [0.05, 0.1) is 11.3 Å². The molecule has 3 rings (SSSR count). The van der Waals surface area contributed by atoms with Crippen molar-refractivity contribution < 1.29 is 13.2 Å². The molecule has 8 heteroatoms. The van der Waals surface area contributed by atoms with Gasteiger partial charge in [0.15, 0.2) is 11.0 Å². The Morgan fingerprint density at radius 1 is 1.04 bits per heavy atom. The van der Waals surface area contributed by atoms with Crippen molar-refractivity contribution in [3.8, 4) is 16.4 Å². The van der Waals surface area contributed by atoms with E-state index >= 15 is 0 Å². The van der Waals surface area contributed by atoms with E-state index in [0.717, 1.165) is 22.3 Å². The summed E-state index contributed by atoms with van der Waals surface area (Å²) < 4.78 is 38.9. The Bertz CT molecular complexity index is 752. The molecule has 2 aromatic heterocycles. The summed E-state index contributed by atoms with van der Waals surface area (Å²) in [4.78, 5) is 0.920. The maximum atomic E-state index is 12.4. The summed E-state index contributed by atoms with van der Waals surface area (Å²) in [6.07, 6.45) is -5.02. The summed E-state index contributed by atoms with van der Waals surface area (Å²) in [5, 5.41) is 10.6. The molecular formula is C15H12F3N3S2. The summed E-state index contributed by atoms with van der Waals surface area (Å²) in [5.74, 6) is 0.555. The predicted molar refractivity (Wildman–Crippen MR) is 86.1 cm³/mol. The van der Waals surface area contributed by atoms with Gasteiger partial charge in [0, 0.05) is 11.4 Å². The highest BCUT2D eigenvalue weighted by molar-refractivity contribution is 7.99. The van der Waals surface area contributed by atoms with Crippen LogP contribution >= 0.6 is 23.1 Å². The Kier molecular flexibility index (Phi) is 4.72. The monoisotopic (exact) mass is 355 g/mol. The molecule has 0 N–H and O–H groups in total. The van der Waals surface area contributed by atoms with Crippen LogP contribution in [0.5, 0.6) is 0 Å². The van der Waals surface area contributed by atoms with E-state index in [9.17, 15) is 13.2 Å². The maximum Gasteiger partial charge on any atom is 0.389 e. The molecule has 0 amide bonds. The van der Waals surface area contributed by atoms with Gasteiger partial charge in [-0.25, -0.2) is 0 Å². The number of alkyl halides is 3. The summed E-state index contributed by atoms with van der Waals surface area (Å²) in [5.41, 5.74) is 0.829. The molecule has 3 nitrogen and oxygen atoms in total. The van der Waals surface area contributed by atoms with Gasteiger partial charge in [-0.2, -0.15) is 13.2 Å². The first-order valence-electron chi connectivity index (χ1n) is 6.79. The average molecular weight is 355 g/mol. The molecule has 0 bridgehead atoms. The van der Waals surface area contributed by atoms with Crippen LogP contribution in [0.15, 0.2) is 53.0 Å². The van der Waals surface area contributed by atoms with Gasteiger partial charge in [-0.05, 0) is 23.6 Å². The highest BCUT2D eigenvalue weighted by Gasteiger charge is 2.27. The number of para-hydroxylation sites is 1. The predicted octanol–water partition coefficient (Wildman–Crippen LogP) is 5.04. The van der Waals surface area contributed by atoms with E-state index in [2.05, 4.69) is 10.2 Å². The lowest BCUT2D eigenvalue weighted by atomic mass is 10.3. The molecule has 0 unspecified atom stereocenters. The van der Waals surface area contributed by atoms with Crippen molar-refractivity contribution in [2.75, 3.05) is 5.75 Å². The smallest absolute Gasteiger partial charge is 0.269 e. The zero-order valence-corrected chi connectivity index (χ0v) is 13.5. The minimum Gasteiger partial charge on any atom is -0.269 e. The lowest BCUT2D eigenvalue weighted by Gasteiger charge is -2.10. The van der Waals surface area contributed by atoms with Crippen LogP contribution in [-0.2, 0) is 0 Å². The van der Waals surface area contributed by atoms with E-state index in [4.69, 9.17) is 0 Å². The van der Waals surface area contributed by atoms with E-state index < -0.39 is 12.6 Å². The first kappa shape index (κ1) is 16.1. The fourth-order valence-corrected chi connectivity index (χ4v) is 3.63. The van der Waals surface area contributed by atoms with Gasteiger partial charge in [0.2, 0.25) is 0 Å². The second-order valence-corrected chi connectivity index (χ2v) is 6.68. The second kappa shape index (κ2) is 6.76. The topological polar surface area (TPSA) is 30.7 Å². The van der Waals surface area contributed by atoms with Crippen LogP contribution in [0, 0.1) is 0 Å². The summed E-state index contributed by atoms with van der Waals surface area (Å²) >= 11 is 2.57. The van der Waals surface area contributed by atoms with Crippen molar-refractivity contribution in [1.29, 1.82) is 0 Å². The van der Waals surface area contributed by atoms with Gasteiger partial charge in [-0.15, -0.1) is 21.5 Å². The minimum atomic E-state index is -4.17. The quantitative estimate of drug-likeness (QED) is 0.601. The number of hydrogen-bond donors (Lipinski definition) is 0. The zero-order chi connectivity index (χ0) is 16.3. The van der Waals surface area contributed by atoms with Crippen LogP contribution in [0.25, 0.3) is 16.4 Å². The molecule has 3 aromatic rings. The van der Waals surface area contributed by atoms with Crippen molar-refractivity contribution in [3.63, 3.8) is 0 Å². The lowest BCUT2D eigenvalue weighted by molar-refractivity contribution is -0.129. The van der Waals surface area contributed by atoms with Gasteiger partial charge in [-0.3, -0.25) is 4.57 Å². The first-order valence-corrected chi connectivity index (χ1v) is 8.65. The van der Waals surface area contributed by atoms with E-state index in [-0.39, 0.29) is 5.75 Å². The Balaban J connectivity index is 1.94. The van der Waals surface area contributed by atoms with Gasteiger partial charge in [0.25, 0.3) is 0 Å². The van der Waals surface area contributed by atoms with Crippen LogP contribution in [0.2, 0.25) is 0 Å². The Morgan fingerprint density at radius 2 is 1.83 bits per heavy atom. The summed E-state index contributed by atoms with van der Waals surface area (Å²) in [6.45, 7) is 0. The van der Waals surface area contributed by atoms with E-state index in [1.165, 1.54) is 11.3 Å². The number of thiophene rings is 1. The molecule has 0 saturated carbocycles. The fraction of sp³-hybridized carbons (Fsp3) is 0.200. The number of nitrogens with zero attached hydrogens (tertiary/aromatic N) is 3. The van der Waals surface area contributed by atoms with Crippen LogP contribution < -0.4 is 0 Å². The zero-order valence-electron chi connectivity index (χ0n) is 11.8. The molecule has 0 radical (unpaired) electrons. The van der Waals surface area contributed by atoms with Crippen molar-refractivity contribution >= 4 is 23.1 Å². The largest absolute Gasteiger partial charge is 0.389 e. The number of benzene rings is 1. The molecule has 0 saturated heterocycles. The van der Waals surface area contributed by atoms with E-state index in [1.54, 1.807) is 4.57 Å². The van der Waals surface area contributed by atoms with E-state index in [0.29, 0.717) is 11.0 Å². The molecule has 23 heavy (non-hydrogen) atoms. The van der Waals surface area contributed by atoms with Crippen LogP contribution in [0.1, 0.15) is 6.42 Å². The third-order valence-corrected chi connectivity index (χ3v) is 4.80. The fourth-order valence-electron chi connectivity index (χ4n) is 2.00. The Hall–Kier alpha value is -1.80. The number of halogens is 3. The summed E-state index contributed by atoms with van der Waals surface area (Å²) in [7, 11) is 0. The van der Waals surface area contributed by atoms with Crippen molar-refractivity contribution in [3.05, 3.63) is 47.8 Å².